The molecule has 1 fully saturated rings. The van der Waals surface area contributed by atoms with E-state index in [0.717, 1.165) is 12.1 Å². The zero-order valence-electron chi connectivity index (χ0n) is 10.5. The molecular formula is C13H14BrF2NO2. The Balaban J connectivity index is 2.33. The molecule has 1 heterocycles. The molecule has 1 aromatic carbocycles. The number of morpholine rings is 1. The van der Waals surface area contributed by atoms with Crippen LogP contribution in [0.3, 0.4) is 0 Å². The summed E-state index contributed by atoms with van der Waals surface area (Å²) in [6.07, 6.45) is 0.686. The molecule has 6 heteroatoms. The topological polar surface area (TPSA) is 29.5 Å². The fraction of sp³-hybridized carbons (Fsp3) is 0.462. The molecular weight excluding hydrogens is 320 g/mol. The fourth-order valence-corrected chi connectivity index (χ4v) is 2.55. The third-order valence-electron chi connectivity index (χ3n) is 3.18. The second kappa shape index (κ2) is 5.96. The van der Waals surface area contributed by atoms with Crippen LogP contribution in [-0.4, -0.2) is 36.6 Å². The van der Waals surface area contributed by atoms with Crippen LogP contribution < -0.4 is 0 Å². The SMILES string of the molecule is CCC1COCCN1C(=O)c1c(F)cc(Br)cc1F. The van der Waals surface area contributed by atoms with E-state index >= 15 is 0 Å². The minimum atomic E-state index is -0.849. The normalized spacial score (nSPS) is 19.6. The average Bonchev–Trinajstić information content (AvgIpc) is 2.37. The van der Waals surface area contributed by atoms with Gasteiger partial charge in [-0.1, -0.05) is 22.9 Å². The van der Waals surface area contributed by atoms with E-state index in [4.69, 9.17) is 4.74 Å². The summed E-state index contributed by atoms with van der Waals surface area (Å²) < 4.78 is 33.1. The van der Waals surface area contributed by atoms with Crippen molar-refractivity contribution < 1.29 is 18.3 Å². The van der Waals surface area contributed by atoms with E-state index in [2.05, 4.69) is 15.9 Å². The van der Waals surface area contributed by atoms with Crippen molar-refractivity contribution in [2.24, 2.45) is 0 Å². The molecule has 19 heavy (non-hydrogen) atoms. The predicted molar refractivity (Wildman–Crippen MR) is 70.0 cm³/mol. The maximum absolute atomic E-state index is 13.8. The van der Waals surface area contributed by atoms with Gasteiger partial charge in [0, 0.05) is 11.0 Å². The number of rotatable bonds is 2. The standard InChI is InChI=1S/C13H14BrF2NO2/c1-2-9-7-19-4-3-17(9)13(18)12-10(15)5-8(14)6-11(12)16/h5-6,9H,2-4,7H2,1H3. The summed E-state index contributed by atoms with van der Waals surface area (Å²) in [5, 5.41) is 0. The quantitative estimate of drug-likeness (QED) is 0.832. The molecule has 1 atom stereocenters. The van der Waals surface area contributed by atoms with Gasteiger partial charge in [-0.25, -0.2) is 8.78 Å². The van der Waals surface area contributed by atoms with Gasteiger partial charge in [0.25, 0.3) is 5.91 Å². The van der Waals surface area contributed by atoms with Crippen LogP contribution in [0.25, 0.3) is 0 Å². The Kier molecular flexibility index (Phi) is 4.52. The summed E-state index contributed by atoms with van der Waals surface area (Å²) in [6, 6.07) is 2.05. The lowest BCUT2D eigenvalue weighted by molar-refractivity contribution is -0.00328. The molecule has 1 aliphatic rings. The summed E-state index contributed by atoms with van der Waals surface area (Å²) in [5.74, 6) is -2.31. The van der Waals surface area contributed by atoms with Gasteiger partial charge in [0.15, 0.2) is 0 Å². The van der Waals surface area contributed by atoms with E-state index in [1.807, 2.05) is 6.92 Å². The van der Waals surface area contributed by atoms with Gasteiger partial charge in [0.05, 0.1) is 19.3 Å². The number of nitrogens with zero attached hydrogens (tertiary/aromatic N) is 1. The number of halogens is 3. The first-order valence-corrected chi connectivity index (χ1v) is 6.87. The molecule has 1 saturated heterocycles. The summed E-state index contributed by atoms with van der Waals surface area (Å²) in [5.41, 5.74) is -0.497. The van der Waals surface area contributed by atoms with Crippen LogP contribution in [-0.2, 0) is 4.74 Å². The number of ether oxygens (including phenoxy) is 1. The molecule has 0 N–H and O–H groups in total. The highest BCUT2D eigenvalue weighted by Crippen LogP contribution is 2.23. The molecule has 0 bridgehead atoms. The van der Waals surface area contributed by atoms with Crippen LogP contribution >= 0.6 is 15.9 Å². The molecule has 0 spiro atoms. The van der Waals surface area contributed by atoms with Crippen molar-refractivity contribution in [2.45, 2.75) is 19.4 Å². The molecule has 0 aromatic heterocycles. The van der Waals surface area contributed by atoms with Crippen molar-refractivity contribution in [2.75, 3.05) is 19.8 Å². The Hall–Kier alpha value is -1.01. The van der Waals surface area contributed by atoms with Gasteiger partial charge in [0.1, 0.15) is 17.2 Å². The van der Waals surface area contributed by atoms with Crippen molar-refractivity contribution in [1.29, 1.82) is 0 Å². The number of hydrogen-bond acceptors (Lipinski definition) is 2. The van der Waals surface area contributed by atoms with E-state index in [9.17, 15) is 13.6 Å². The Morgan fingerprint density at radius 2 is 2.11 bits per heavy atom. The first-order valence-electron chi connectivity index (χ1n) is 6.07. The van der Waals surface area contributed by atoms with Crippen molar-refractivity contribution in [1.82, 2.24) is 4.90 Å². The van der Waals surface area contributed by atoms with Crippen LogP contribution in [0.4, 0.5) is 8.78 Å². The highest BCUT2D eigenvalue weighted by Gasteiger charge is 2.30. The minimum Gasteiger partial charge on any atom is -0.377 e. The molecule has 104 valence electrons. The average molecular weight is 334 g/mol. The van der Waals surface area contributed by atoms with Crippen molar-refractivity contribution in [3.63, 3.8) is 0 Å². The van der Waals surface area contributed by atoms with E-state index < -0.39 is 23.1 Å². The summed E-state index contributed by atoms with van der Waals surface area (Å²) in [6.45, 7) is 3.06. The third-order valence-corrected chi connectivity index (χ3v) is 3.64. The summed E-state index contributed by atoms with van der Waals surface area (Å²) in [4.78, 5) is 13.8. The van der Waals surface area contributed by atoms with E-state index in [0.29, 0.717) is 26.2 Å². The first kappa shape index (κ1) is 14.4. The highest BCUT2D eigenvalue weighted by atomic mass is 79.9. The second-order valence-electron chi connectivity index (χ2n) is 4.38. The molecule has 2 rings (SSSR count). The summed E-state index contributed by atoms with van der Waals surface area (Å²) in [7, 11) is 0. The number of carbonyl (C=O) groups excluding carboxylic acids is 1. The van der Waals surface area contributed by atoms with Gasteiger partial charge in [0.2, 0.25) is 0 Å². The zero-order valence-corrected chi connectivity index (χ0v) is 12.0. The monoisotopic (exact) mass is 333 g/mol. The van der Waals surface area contributed by atoms with Crippen molar-refractivity contribution in [3.8, 4) is 0 Å². The molecule has 0 radical (unpaired) electrons. The van der Waals surface area contributed by atoms with Gasteiger partial charge >= 0.3 is 0 Å². The molecule has 3 nitrogen and oxygen atoms in total. The first-order chi connectivity index (χ1) is 9.04. The third kappa shape index (κ3) is 2.95. The second-order valence-corrected chi connectivity index (χ2v) is 5.30. The molecule has 0 saturated carbocycles. The molecule has 1 aliphatic heterocycles. The Bertz CT molecular complexity index is 473. The van der Waals surface area contributed by atoms with Crippen LogP contribution in [0.5, 0.6) is 0 Å². The lowest BCUT2D eigenvalue weighted by atomic mass is 10.1. The maximum atomic E-state index is 13.8. The van der Waals surface area contributed by atoms with Gasteiger partial charge in [-0.2, -0.15) is 0 Å². The lowest BCUT2D eigenvalue weighted by Gasteiger charge is -2.35. The number of hydrogen-bond donors (Lipinski definition) is 0. The Morgan fingerprint density at radius 1 is 1.47 bits per heavy atom. The Morgan fingerprint density at radius 3 is 2.68 bits per heavy atom. The van der Waals surface area contributed by atoms with Gasteiger partial charge in [-0.3, -0.25) is 4.79 Å². The van der Waals surface area contributed by atoms with Gasteiger partial charge in [-0.05, 0) is 18.6 Å². The zero-order chi connectivity index (χ0) is 14.0. The summed E-state index contributed by atoms with van der Waals surface area (Å²) >= 11 is 2.99. The minimum absolute atomic E-state index is 0.135. The highest BCUT2D eigenvalue weighted by molar-refractivity contribution is 9.10. The van der Waals surface area contributed by atoms with E-state index in [1.165, 1.54) is 4.90 Å². The van der Waals surface area contributed by atoms with E-state index in [1.54, 1.807) is 0 Å². The van der Waals surface area contributed by atoms with Crippen LogP contribution in [0, 0.1) is 11.6 Å². The molecule has 1 unspecified atom stereocenters. The largest absolute Gasteiger partial charge is 0.377 e. The lowest BCUT2D eigenvalue weighted by Crippen LogP contribution is -2.48. The van der Waals surface area contributed by atoms with Crippen LogP contribution in [0.1, 0.15) is 23.7 Å². The van der Waals surface area contributed by atoms with Crippen molar-refractivity contribution in [3.05, 3.63) is 33.8 Å². The number of carbonyl (C=O) groups is 1. The smallest absolute Gasteiger partial charge is 0.260 e. The van der Waals surface area contributed by atoms with Crippen LogP contribution in [0.2, 0.25) is 0 Å². The van der Waals surface area contributed by atoms with Gasteiger partial charge in [-0.15, -0.1) is 0 Å². The fourth-order valence-electron chi connectivity index (χ4n) is 2.15. The predicted octanol–water partition coefficient (Wildman–Crippen LogP) is 2.98. The molecule has 0 aliphatic carbocycles. The maximum Gasteiger partial charge on any atom is 0.260 e. The molecule has 1 amide bonds. The number of benzene rings is 1. The van der Waals surface area contributed by atoms with Crippen molar-refractivity contribution >= 4 is 21.8 Å². The van der Waals surface area contributed by atoms with Crippen LogP contribution in [0.15, 0.2) is 16.6 Å². The van der Waals surface area contributed by atoms with Gasteiger partial charge < -0.3 is 9.64 Å². The molecule has 1 aromatic rings. The number of amides is 1. The van der Waals surface area contributed by atoms with E-state index in [-0.39, 0.29) is 10.5 Å². The Labute approximate surface area is 118 Å².